The normalized spacial score (nSPS) is 10.2. The van der Waals surface area contributed by atoms with Crippen LogP contribution in [0.3, 0.4) is 0 Å². The lowest BCUT2D eigenvalue weighted by Gasteiger charge is -2.22. The highest BCUT2D eigenvalue weighted by Crippen LogP contribution is 2.17. The molecule has 19 heavy (non-hydrogen) atoms. The zero-order valence-corrected chi connectivity index (χ0v) is 11.0. The fourth-order valence-electron chi connectivity index (χ4n) is 1.80. The van der Waals surface area contributed by atoms with Crippen LogP contribution in [0.15, 0.2) is 54.6 Å². The Morgan fingerprint density at radius 1 is 1.05 bits per heavy atom. The van der Waals surface area contributed by atoms with Gasteiger partial charge in [0.05, 0.1) is 6.61 Å². The number of nitrogens with zero attached hydrogens (tertiary/aromatic N) is 1. The minimum Gasteiger partial charge on any atom is -0.395 e. The second kappa shape index (κ2) is 6.36. The molecule has 2 aromatic carbocycles. The van der Waals surface area contributed by atoms with Crippen LogP contribution in [0.4, 0.5) is 5.69 Å². The molecule has 0 bridgehead atoms. The van der Waals surface area contributed by atoms with Gasteiger partial charge in [-0.1, -0.05) is 29.8 Å². The van der Waals surface area contributed by atoms with Crippen molar-refractivity contribution < 1.29 is 9.90 Å². The number of rotatable bonds is 4. The summed E-state index contributed by atoms with van der Waals surface area (Å²) in [6.07, 6.45) is 0. The van der Waals surface area contributed by atoms with E-state index >= 15 is 0 Å². The molecule has 0 aliphatic rings. The number of carbonyl (C=O) groups excluding carboxylic acids is 1. The van der Waals surface area contributed by atoms with Crippen molar-refractivity contribution in [2.24, 2.45) is 0 Å². The van der Waals surface area contributed by atoms with Crippen LogP contribution >= 0.6 is 11.6 Å². The number of para-hydroxylation sites is 1. The molecule has 0 unspecified atom stereocenters. The molecule has 0 heterocycles. The summed E-state index contributed by atoms with van der Waals surface area (Å²) < 4.78 is 0. The van der Waals surface area contributed by atoms with Gasteiger partial charge in [0.1, 0.15) is 0 Å². The molecule has 3 nitrogen and oxygen atoms in total. The highest BCUT2D eigenvalue weighted by atomic mass is 35.5. The van der Waals surface area contributed by atoms with Gasteiger partial charge in [-0.3, -0.25) is 4.79 Å². The van der Waals surface area contributed by atoms with Gasteiger partial charge in [0, 0.05) is 22.8 Å². The summed E-state index contributed by atoms with van der Waals surface area (Å²) in [4.78, 5) is 14.0. The van der Waals surface area contributed by atoms with E-state index in [4.69, 9.17) is 16.7 Å². The number of aliphatic hydroxyl groups is 1. The summed E-state index contributed by atoms with van der Waals surface area (Å²) in [5, 5.41) is 9.71. The van der Waals surface area contributed by atoms with Gasteiger partial charge in [0.15, 0.2) is 0 Å². The van der Waals surface area contributed by atoms with E-state index in [2.05, 4.69) is 0 Å². The first kappa shape index (κ1) is 13.6. The first-order valence-electron chi connectivity index (χ1n) is 5.95. The molecule has 0 atom stereocenters. The zero-order chi connectivity index (χ0) is 13.7. The second-order valence-corrected chi connectivity index (χ2v) is 4.46. The van der Waals surface area contributed by atoms with Gasteiger partial charge in [0.2, 0.25) is 0 Å². The zero-order valence-electron chi connectivity index (χ0n) is 10.3. The quantitative estimate of drug-likeness (QED) is 0.932. The molecule has 0 saturated heterocycles. The molecule has 98 valence electrons. The molecule has 1 amide bonds. The lowest BCUT2D eigenvalue weighted by molar-refractivity contribution is 0.0981. The summed E-state index contributed by atoms with van der Waals surface area (Å²) in [6.45, 7) is 0.166. The summed E-state index contributed by atoms with van der Waals surface area (Å²) in [5.74, 6) is -0.156. The smallest absolute Gasteiger partial charge is 0.258 e. The van der Waals surface area contributed by atoms with Gasteiger partial charge in [-0.2, -0.15) is 0 Å². The molecule has 2 rings (SSSR count). The van der Waals surface area contributed by atoms with Gasteiger partial charge in [-0.15, -0.1) is 0 Å². The van der Waals surface area contributed by atoms with Crippen molar-refractivity contribution in [3.63, 3.8) is 0 Å². The largest absolute Gasteiger partial charge is 0.395 e. The van der Waals surface area contributed by atoms with E-state index in [1.165, 1.54) is 0 Å². The van der Waals surface area contributed by atoms with E-state index in [1.807, 2.05) is 30.3 Å². The number of amides is 1. The highest BCUT2D eigenvalue weighted by Gasteiger charge is 2.16. The minimum atomic E-state index is -0.156. The van der Waals surface area contributed by atoms with Crippen LogP contribution in [0.2, 0.25) is 5.02 Å². The molecule has 0 saturated carbocycles. The SMILES string of the molecule is O=C(c1ccc(Cl)cc1)N(CCO)c1ccccc1. The molecule has 0 aliphatic carbocycles. The molecule has 4 heteroatoms. The predicted octanol–water partition coefficient (Wildman–Crippen LogP) is 2.98. The molecule has 0 radical (unpaired) electrons. The maximum Gasteiger partial charge on any atom is 0.258 e. The van der Waals surface area contributed by atoms with Gasteiger partial charge < -0.3 is 10.0 Å². The monoisotopic (exact) mass is 275 g/mol. The van der Waals surface area contributed by atoms with Crippen LogP contribution in [0.25, 0.3) is 0 Å². The molecule has 0 aromatic heterocycles. The van der Waals surface area contributed by atoms with Crippen LogP contribution in [-0.4, -0.2) is 24.2 Å². The van der Waals surface area contributed by atoms with Crippen LogP contribution in [0.5, 0.6) is 0 Å². The number of aliphatic hydroxyl groups excluding tert-OH is 1. The number of benzene rings is 2. The standard InChI is InChI=1S/C15H14ClNO2/c16-13-8-6-12(7-9-13)15(19)17(10-11-18)14-4-2-1-3-5-14/h1-9,18H,10-11H2. The average molecular weight is 276 g/mol. The lowest BCUT2D eigenvalue weighted by Crippen LogP contribution is -2.33. The van der Waals surface area contributed by atoms with E-state index in [0.717, 1.165) is 5.69 Å². The number of carbonyl (C=O) groups is 1. The Balaban J connectivity index is 2.29. The van der Waals surface area contributed by atoms with Gasteiger partial charge in [-0.05, 0) is 36.4 Å². The molecule has 0 spiro atoms. The van der Waals surface area contributed by atoms with E-state index in [1.54, 1.807) is 29.2 Å². The Labute approximate surface area is 117 Å². The first-order valence-corrected chi connectivity index (χ1v) is 6.33. The van der Waals surface area contributed by atoms with Crippen molar-refractivity contribution in [3.05, 3.63) is 65.2 Å². The summed E-state index contributed by atoms with van der Waals surface area (Å²) >= 11 is 5.81. The Morgan fingerprint density at radius 3 is 2.26 bits per heavy atom. The molecule has 2 aromatic rings. The van der Waals surface area contributed by atoms with Crippen molar-refractivity contribution >= 4 is 23.2 Å². The Morgan fingerprint density at radius 2 is 1.68 bits per heavy atom. The van der Waals surface area contributed by atoms with Crippen molar-refractivity contribution in [2.75, 3.05) is 18.1 Å². The maximum absolute atomic E-state index is 12.4. The predicted molar refractivity (Wildman–Crippen MR) is 76.7 cm³/mol. The van der Waals surface area contributed by atoms with Crippen LogP contribution in [-0.2, 0) is 0 Å². The first-order chi connectivity index (χ1) is 9.22. The van der Waals surface area contributed by atoms with Crippen LogP contribution in [0, 0.1) is 0 Å². The highest BCUT2D eigenvalue weighted by molar-refractivity contribution is 6.30. The van der Waals surface area contributed by atoms with Crippen molar-refractivity contribution in [1.82, 2.24) is 0 Å². The van der Waals surface area contributed by atoms with Crippen molar-refractivity contribution in [1.29, 1.82) is 0 Å². The van der Waals surface area contributed by atoms with E-state index in [-0.39, 0.29) is 19.1 Å². The number of hydrogen-bond donors (Lipinski definition) is 1. The topological polar surface area (TPSA) is 40.5 Å². The van der Waals surface area contributed by atoms with Crippen molar-refractivity contribution in [3.8, 4) is 0 Å². The van der Waals surface area contributed by atoms with Crippen LogP contribution < -0.4 is 4.90 Å². The van der Waals surface area contributed by atoms with Crippen molar-refractivity contribution in [2.45, 2.75) is 0 Å². The number of anilines is 1. The molecular weight excluding hydrogens is 262 g/mol. The fourth-order valence-corrected chi connectivity index (χ4v) is 1.93. The third kappa shape index (κ3) is 3.34. The van der Waals surface area contributed by atoms with Crippen LogP contribution in [0.1, 0.15) is 10.4 Å². The van der Waals surface area contributed by atoms with Gasteiger partial charge in [-0.25, -0.2) is 0 Å². The van der Waals surface area contributed by atoms with E-state index in [0.29, 0.717) is 10.6 Å². The molecule has 0 aliphatic heterocycles. The third-order valence-corrected chi connectivity index (χ3v) is 2.98. The third-order valence-electron chi connectivity index (χ3n) is 2.73. The molecular formula is C15H14ClNO2. The molecule has 1 N–H and O–H groups in total. The molecule has 0 fully saturated rings. The van der Waals surface area contributed by atoms with Gasteiger partial charge in [0.25, 0.3) is 5.91 Å². The van der Waals surface area contributed by atoms with E-state index in [9.17, 15) is 4.79 Å². The second-order valence-electron chi connectivity index (χ2n) is 4.02. The Bertz CT molecular complexity index is 540. The van der Waals surface area contributed by atoms with Gasteiger partial charge >= 0.3 is 0 Å². The summed E-state index contributed by atoms with van der Waals surface area (Å²) in [6, 6.07) is 16.0. The minimum absolute atomic E-state index is 0.0891. The average Bonchev–Trinajstić information content (AvgIpc) is 2.46. The number of halogens is 1. The lowest BCUT2D eigenvalue weighted by atomic mass is 10.2. The van der Waals surface area contributed by atoms with E-state index < -0.39 is 0 Å². The Kier molecular flexibility index (Phi) is 4.55. The number of hydrogen-bond acceptors (Lipinski definition) is 2. The fraction of sp³-hybridized carbons (Fsp3) is 0.133. The summed E-state index contributed by atoms with van der Waals surface area (Å²) in [5.41, 5.74) is 1.30. The Hall–Kier alpha value is -1.84. The maximum atomic E-state index is 12.4. The summed E-state index contributed by atoms with van der Waals surface area (Å²) in [7, 11) is 0.